The first kappa shape index (κ1) is 31.8. The molecule has 0 unspecified atom stereocenters. The van der Waals surface area contributed by atoms with Gasteiger partial charge in [-0.25, -0.2) is 0 Å². The number of amides is 5. The molecule has 0 spiro atoms. The lowest BCUT2D eigenvalue weighted by Gasteiger charge is -2.24. The van der Waals surface area contributed by atoms with Crippen molar-refractivity contribution in [3.63, 3.8) is 0 Å². The zero-order chi connectivity index (χ0) is 29.2. The van der Waals surface area contributed by atoms with E-state index in [1.807, 2.05) is 0 Å². The van der Waals surface area contributed by atoms with Crippen LogP contribution in [-0.2, 0) is 35.2 Å². The van der Waals surface area contributed by atoms with Crippen molar-refractivity contribution in [1.82, 2.24) is 26.6 Å². The number of nitrogens with two attached hydrogens (primary N) is 1. The first-order valence-electron chi connectivity index (χ1n) is 11.9. The zero-order valence-corrected chi connectivity index (χ0v) is 21.9. The number of aliphatic carboxylic acids is 1. The molecule has 1 aromatic rings. The van der Waals surface area contributed by atoms with Crippen LogP contribution < -0.4 is 32.3 Å². The Labute approximate surface area is 220 Å². The van der Waals surface area contributed by atoms with E-state index in [4.69, 9.17) is 10.8 Å². The van der Waals surface area contributed by atoms with Gasteiger partial charge in [0.15, 0.2) is 0 Å². The number of nitrogens with one attached hydrogen (secondary N) is 5. The third kappa shape index (κ3) is 10.4. The molecule has 5 amide bonds. The summed E-state index contributed by atoms with van der Waals surface area (Å²) in [5.41, 5.74) is 6.09. The Morgan fingerprint density at radius 2 is 1.05 bits per heavy atom. The largest absolute Gasteiger partial charge is 0.508 e. The summed E-state index contributed by atoms with van der Waals surface area (Å²) in [4.78, 5) is 73.1. The van der Waals surface area contributed by atoms with Gasteiger partial charge in [-0.2, -0.15) is 0 Å². The molecular weight excluding hydrogens is 500 g/mol. The zero-order valence-electron chi connectivity index (χ0n) is 21.9. The van der Waals surface area contributed by atoms with Crippen molar-refractivity contribution in [3.8, 4) is 5.75 Å². The summed E-state index contributed by atoms with van der Waals surface area (Å²) in [6.45, 7) is 6.84. The van der Waals surface area contributed by atoms with E-state index in [2.05, 4.69) is 26.6 Å². The van der Waals surface area contributed by atoms with Crippen molar-refractivity contribution in [3.05, 3.63) is 29.8 Å². The average molecular weight is 537 g/mol. The highest BCUT2D eigenvalue weighted by Gasteiger charge is 2.28. The molecule has 38 heavy (non-hydrogen) atoms. The molecule has 0 aliphatic rings. The molecule has 1 aromatic carbocycles. The fourth-order valence-electron chi connectivity index (χ4n) is 2.97. The van der Waals surface area contributed by atoms with E-state index >= 15 is 0 Å². The summed E-state index contributed by atoms with van der Waals surface area (Å²) < 4.78 is 0. The lowest BCUT2D eigenvalue weighted by molar-refractivity contribution is -0.141. The van der Waals surface area contributed by atoms with Crippen LogP contribution in [0.15, 0.2) is 24.3 Å². The topological polar surface area (TPSA) is 229 Å². The van der Waals surface area contributed by atoms with Gasteiger partial charge in [-0.15, -0.1) is 0 Å². The number of hydrogen-bond acceptors (Lipinski definition) is 8. The number of carboxylic acids is 1. The normalized spacial score (nSPS) is 15.4. The predicted octanol–water partition coefficient (Wildman–Crippen LogP) is -2.13. The number of aromatic hydroxyl groups is 1. The minimum Gasteiger partial charge on any atom is -0.508 e. The van der Waals surface area contributed by atoms with E-state index in [-0.39, 0.29) is 12.2 Å². The van der Waals surface area contributed by atoms with Crippen LogP contribution in [0.4, 0.5) is 0 Å². The van der Waals surface area contributed by atoms with Gasteiger partial charge in [0.1, 0.15) is 36.0 Å². The first-order valence-corrected chi connectivity index (χ1v) is 11.9. The summed E-state index contributed by atoms with van der Waals surface area (Å²) >= 11 is 0. The maximum atomic E-state index is 13.1. The second kappa shape index (κ2) is 14.5. The van der Waals surface area contributed by atoms with Crippen LogP contribution in [0.25, 0.3) is 0 Å². The van der Waals surface area contributed by atoms with Gasteiger partial charge in [-0.05, 0) is 52.3 Å². The van der Waals surface area contributed by atoms with Crippen molar-refractivity contribution in [1.29, 1.82) is 0 Å². The molecule has 14 heteroatoms. The van der Waals surface area contributed by atoms with Crippen molar-refractivity contribution in [2.24, 2.45) is 5.73 Å². The highest BCUT2D eigenvalue weighted by molar-refractivity contribution is 5.96. The standard InChI is InChI=1S/C24H36N6O8/c1-11(25)19(32)26-14(4)22(35)30-18(10-16-6-8-17(31)9-7-16)23(36)28-13(3)20(33)27-12(2)21(34)29-15(5)24(37)38/h6-9,11-15,18,31H,10,25H2,1-5H3,(H,26,32)(H,27,33)(H,28,36)(H,29,34)(H,30,35)(H,37,38)/t11-,12-,13-,14-,15-,18-/m0/s1. The van der Waals surface area contributed by atoms with E-state index in [0.29, 0.717) is 5.56 Å². The van der Waals surface area contributed by atoms with Gasteiger partial charge in [-0.1, -0.05) is 12.1 Å². The number of rotatable bonds is 13. The molecule has 9 N–H and O–H groups in total. The third-order valence-corrected chi connectivity index (χ3v) is 5.41. The molecular formula is C24H36N6O8. The van der Waals surface area contributed by atoms with Gasteiger partial charge in [0.05, 0.1) is 6.04 Å². The summed E-state index contributed by atoms with van der Waals surface area (Å²) in [6, 6.07) is -0.507. The molecule has 0 bridgehead atoms. The quantitative estimate of drug-likeness (QED) is 0.137. The number of benzene rings is 1. The Morgan fingerprint density at radius 1 is 0.658 bits per heavy atom. The SMILES string of the molecule is C[C@H](N)C(=O)N[C@@H](C)C(=O)N[C@@H](Cc1ccc(O)cc1)C(=O)N[C@@H](C)C(=O)N[C@@H](C)C(=O)N[C@@H](C)C(=O)O. The van der Waals surface area contributed by atoms with Gasteiger partial charge in [-0.3, -0.25) is 28.8 Å². The number of carbonyl (C=O) groups is 6. The summed E-state index contributed by atoms with van der Waals surface area (Å²) in [5.74, 6) is -4.65. The Bertz CT molecular complexity index is 1030. The molecule has 0 saturated heterocycles. The highest BCUT2D eigenvalue weighted by atomic mass is 16.4. The van der Waals surface area contributed by atoms with E-state index in [0.717, 1.165) is 0 Å². The lowest BCUT2D eigenvalue weighted by Crippen LogP contribution is -2.58. The monoisotopic (exact) mass is 536 g/mol. The minimum atomic E-state index is -1.24. The Balaban J connectivity index is 2.91. The minimum absolute atomic E-state index is 0.00669. The predicted molar refractivity (Wildman–Crippen MR) is 135 cm³/mol. The molecule has 1 rings (SSSR count). The molecule has 0 aliphatic carbocycles. The van der Waals surface area contributed by atoms with Gasteiger partial charge in [0, 0.05) is 6.42 Å². The fraction of sp³-hybridized carbons (Fsp3) is 0.500. The number of phenolic OH excluding ortho intramolecular Hbond substituents is 1. The Kier molecular flexibility index (Phi) is 12.2. The van der Waals surface area contributed by atoms with Gasteiger partial charge in [0.2, 0.25) is 29.5 Å². The maximum Gasteiger partial charge on any atom is 0.325 e. The second-order valence-electron chi connectivity index (χ2n) is 8.98. The van der Waals surface area contributed by atoms with E-state index < -0.39 is 71.8 Å². The van der Waals surface area contributed by atoms with Crippen molar-refractivity contribution < 1.29 is 39.0 Å². The first-order chi connectivity index (χ1) is 17.6. The number of hydrogen-bond donors (Lipinski definition) is 8. The molecule has 0 fully saturated rings. The summed E-state index contributed by atoms with van der Waals surface area (Å²) in [7, 11) is 0. The number of carboxylic acid groups (broad SMARTS) is 1. The van der Waals surface area contributed by atoms with Crippen LogP contribution in [0.2, 0.25) is 0 Å². The summed E-state index contributed by atoms with van der Waals surface area (Å²) in [6.07, 6.45) is -0.00790. The third-order valence-electron chi connectivity index (χ3n) is 5.41. The van der Waals surface area contributed by atoms with Gasteiger partial charge in [0.25, 0.3) is 0 Å². The molecule has 0 aliphatic heterocycles. The lowest BCUT2D eigenvalue weighted by atomic mass is 10.0. The molecule has 0 radical (unpaired) electrons. The van der Waals surface area contributed by atoms with Crippen LogP contribution in [0, 0.1) is 0 Å². The smallest absolute Gasteiger partial charge is 0.325 e. The van der Waals surface area contributed by atoms with E-state index in [1.54, 1.807) is 12.1 Å². The van der Waals surface area contributed by atoms with Crippen LogP contribution in [0.1, 0.15) is 40.2 Å². The van der Waals surface area contributed by atoms with Crippen LogP contribution in [-0.4, -0.2) is 82.0 Å². The number of carbonyl (C=O) groups excluding carboxylic acids is 5. The average Bonchev–Trinajstić information content (AvgIpc) is 2.84. The summed E-state index contributed by atoms with van der Waals surface area (Å²) in [5, 5.41) is 30.5. The van der Waals surface area contributed by atoms with E-state index in [9.17, 15) is 33.9 Å². The van der Waals surface area contributed by atoms with Gasteiger partial charge >= 0.3 is 5.97 Å². The molecule has 0 heterocycles. The molecule has 210 valence electrons. The van der Waals surface area contributed by atoms with E-state index in [1.165, 1.54) is 46.8 Å². The molecule has 14 nitrogen and oxygen atoms in total. The molecule has 0 aromatic heterocycles. The Morgan fingerprint density at radius 3 is 1.50 bits per heavy atom. The van der Waals surface area contributed by atoms with Crippen LogP contribution in [0.3, 0.4) is 0 Å². The number of phenols is 1. The Hall–Kier alpha value is -4.20. The van der Waals surface area contributed by atoms with Gasteiger partial charge < -0.3 is 42.5 Å². The molecule has 6 atom stereocenters. The highest BCUT2D eigenvalue weighted by Crippen LogP contribution is 2.12. The van der Waals surface area contributed by atoms with Crippen LogP contribution >= 0.6 is 0 Å². The molecule has 0 saturated carbocycles. The maximum absolute atomic E-state index is 13.1. The fourth-order valence-corrected chi connectivity index (χ4v) is 2.97. The van der Waals surface area contributed by atoms with Crippen molar-refractivity contribution >= 4 is 35.5 Å². The van der Waals surface area contributed by atoms with Crippen LogP contribution in [0.5, 0.6) is 5.75 Å². The second-order valence-corrected chi connectivity index (χ2v) is 8.98. The van der Waals surface area contributed by atoms with Crippen molar-refractivity contribution in [2.45, 2.75) is 77.3 Å². The van der Waals surface area contributed by atoms with Crippen molar-refractivity contribution in [2.75, 3.05) is 0 Å².